The SMILES string of the molecule is CSC(CNCC(CC(=O)O)SC)CC(=O)O. The summed E-state index contributed by atoms with van der Waals surface area (Å²) >= 11 is 3.01. The van der Waals surface area contributed by atoms with Gasteiger partial charge in [-0.2, -0.15) is 23.5 Å². The largest absolute Gasteiger partial charge is 0.481 e. The molecule has 0 saturated heterocycles. The van der Waals surface area contributed by atoms with Gasteiger partial charge in [-0.15, -0.1) is 0 Å². The quantitative estimate of drug-likeness (QED) is 0.550. The molecule has 0 aliphatic carbocycles. The lowest BCUT2D eigenvalue weighted by molar-refractivity contribution is -0.137. The molecule has 2 unspecified atom stereocenters. The van der Waals surface area contributed by atoms with Crippen LogP contribution in [0.5, 0.6) is 0 Å². The zero-order chi connectivity index (χ0) is 13.3. The molecule has 0 spiro atoms. The van der Waals surface area contributed by atoms with Crippen molar-refractivity contribution in [1.29, 1.82) is 0 Å². The van der Waals surface area contributed by atoms with Crippen molar-refractivity contribution in [3.05, 3.63) is 0 Å². The van der Waals surface area contributed by atoms with E-state index in [1.807, 2.05) is 12.5 Å². The Morgan fingerprint density at radius 3 is 1.59 bits per heavy atom. The van der Waals surface area contributed by atoms with E-state index in [1.54, 1.807) is 0 Å². The zero-order valence-corrected chi connectivity index (χ0v) is 11.6. The van der Waals surface area contributed by atoms with Gasteiger partial charge in [0.2, 0.25) is 0 Å². The van der Waals surface area contributed by atoms with Gasteiger partial charge in [-0.25, -0.2) is 0 Å². The average molecular weight is 281 g/mol. The molecule has 0 aliphatic rings. The standard InChI is InChI=1S/C10H19NO4S2/c1-16-7(3-9(12)13)5-11-6-8(17-2)4-10(14)15/h7-8,11H,3-6H2,1-2H3,(H,12,13)(H,14,15). The maximum Gasteiger partial charge on any atom is 0.304 e. The molecule has 3 N–H and O–H groups in total. The number of hydrogen-bond donors (Lipinski definition) is 3. The summed E-state index contributed by atoms with van der Waals surface area (Å²) in [6, 6.07) is 0. The van der Waals surface area contributed by atoms with Crippen LogP contribution in [-0.4, -0.2) is 58.3 Å². The maximum absolute atomic E-state index is 10.5. The molecule has 0 saturated carbocycles. The van der Waals surface area contributed by atoms with E-state index in [4.69, 9.17) is 10.2 Å². The molecule has 2 atom stereocenters. The topological polar surface area (TPSA) is 86.6 Å². The van der Waals surface area contributed by atoms with Crippen LogP contribution in [0.4, 0.5) is 0 Å². The van der Waals surface area contributed by atoms with Crippen LogP contribution < -0.4 is 5.32 Å². The fraction of sp³-hybridized carbons (Fsp3) is 0.800. The molecule has 0 aromatic rings. The number of carboxylic acid groups (broad SMARTS) is 2. The lowest BCUT2D eigenvalue weighted by atomic mass is 10.2. The van der Waals surface area contributed by atoms with Crippen molar-refractivity contribution in [3.63, 3.8) is 0 Å². The normalized spacial score (nSPS) is 14.2. The Labute approximate surface area is 110 Å². The van der Waals surface area contributed by atoms with Crippen LogP contribution in [0, 0.1) is 0 Å². The second-order valence-electron chi connectivity index (χ2n) is 3.57. The van der Waals surface area contributed by atoms with Gasteiger partial charge in [0.25, 0.3) is 0 Å². The van der Waals surface area contributed by atoms with Crippen LogP contribution >= 0.6 is 23.5 Å². The highest BCUT2D eigenvalue weighted by molar-refractivity contribution is 7.99. The minimum Gasteiger partial charge on any atom is -0.481 e. The number of rotatable bonds is 10. The molecule has 0 bridgehead atoms. The summed E-state index contributed by atoms with van der Waals surface area (Å²) in [4.78, 5) is 21.1. The number of aliphatic carboxylic acids is 2. The van der Waals surface area contributed by atoms with Gasteiger partial charge in [-0.3, -0.25) is 9.59 Å². The maximum atomic E-state index is 10.5. The monoisotopic (exact) mass is 281 g/mol. The highest BCUT2D eigenvalue weighted by Crippen LogP contribution is 2.12. The molecule has 100 valence electrons. The number of hydrogen-bond acceptors (Lipinski definition) is 5. The Hall–Kier alpha value is -0.400. The molecule has 0 fully saturated rings. The van der Waals surface area contributed by atoms with Crippen molar-refractivity contribution in [2.75, 3.05) is 25.6 Å². The molecule has 7 heteroatoms. The summed E-state index contributed by atoms with van der Waals surface area (Å²) < 4.78 is 0. The highest BCUT2D eigenvalue weighted by Gasteiger charge is 2.14. The summed E-state index contributed by atoms with van der Waals surface area (Å²) in [5, 5.41) is 20.5. The van der Waals surface area contributed by atoms with Crippen molar-refractivity contribution in [2.24, 2.45) is 0 Å². The zero-order valence-electron chi connectivity index (χ0n) is 10.0. The van der Waals surface area contributed by atoms with Gasteiger partial charge < -0.3 is 15.5 Å². The lowest BCUT2D eigenvalue weighted by Gasteiger charge is -2.16. The van der Waals surface area contributed by atoms with E-state index in [1.165, 1.54) is 23.5 Å². The first-order valence-electron chi connectivity index (χ1n) is 5.19. The minimum absolute atomic E-state index is 0.0276. The highest BCUT2D eigenvalue weighted by atomic mass is 32.2. The average Bonchev–Trinajstić information content (AvgIpc) is 2.25. The Morgan fingerprint density at radius 2 is 1.35 bits per heavy atom. The molecule has 0 aliphatic heterocycles. The van der Waals surface area contributed by atoms with Crippen LogP contribution in [0.2, 0.25) is 0 Å². The second kappa shape index (κ2) is 9.61. The molecule has 17 heavy (non-hydrogen) atoms. The Balaban J connectivity index is 3.84. The molecule has 0 heterocycles. The van der Waals surface area contributed by atoms with E-state index < -0.39 is 11.9 Å². The number of carboxylic acids is 2. The van der Waals surface area contributed by atoms with Crippen LogP contribution in [0.25, 0.3) is 0 Å². The fourth-order valence-corrected chi connectivity index (χ4v) is 2.46. The van der Waals surface area contributed by atoms with Crippen molar-refractivity contribution in [2.45, 2.75) is 23.3 Å². The first-order valence-corrected chi connectivity index (χ1v) is 7.77. The summed E-state index contributed by atoms with van der Waals surface area (Å²) in [6.45, 7) is 1.17. The van der Waals surface area contributed by atoms with Crippen molar-refractivity contribution >= 4 is 35.5 Å². The van der Waals surface area contributed by atoms with Crippen LogP contribution in [0.3, 0.4) is 0 Å². The van der Waals surface area contributed by atoms with E-state index in [0.717, 1.165) is 0 Å². The first-order chi connectivity index (χ1) is 7.99. The van der Waals surface area contributed by atoms with Gasteiger partial charge in [0.15, 0.2) is 0 Å². The van der Waals surface area contributed by atoms with Gasteiger partial charge in [0.1, 0.15) is 0 Å². The molecule has 0 radical (unpaired) electrons. The van der Waals surface area contributed by atoms with Gasteiger partial charge in [0, 0.05) is 23.6 Å². The second-order valence-corrected chi connectivity index (χ2v) is 5.85. The molecular weight excluding hydrogens is 262 g/mol. The Morgan fingerprint density at radius 1 is 1.00 bits per heavy atom. The molecule has 0 aromatic carbocycles. The predicted molar refractivity (Wildman–Crippen MR) is 72.0 cm³/mol. The van der Waals surface area contributed by atoms with Crippen molar-refractivity contribution in [1.82, 2.24) is 5.32 Å². The van der Waals surface area contributed by atoms with E-state index in [-0.39, 0.29) is 23.3 Å². The van der Waals surface area contributed by atoms with Crippen molar-refractivity contribution < 1.29 is 19.8 Å². The van der Waals surface area contributed by atoms with Crippen LogP contribution in [0.15, 0.2) is 0 Å². The van der Waals surface area contributed by atoms with Crippen LogP contribution in [-0.2, 0) is 9.59 Å². The lowest BCUT2D eigenvalue weighted by Crippen LogP contribution is -2.32. The Kier molecular flexibility index (Phi) is 9.39. The molecular formula is C10H19NO4S2. The van der Waals surface area contributed by atoms with Gasteiger partial charge in [-0.05, 0) is 12.5 Å². The van der Waals surface area contributed by atoms with E-state index in [9.17, 15) is 9.59 Å². The summed E-state index contributed by atoms with van der Waals surface area (Å²) in [6.07, 6.45) is 3.99. The van der Waals surface area contributed by atoms with E-state index in [0.29, 0.717) is 13.1 Å². The number of carbonyl (C=O) groups is 2. The van der Waals surface area contributed by atoms with Gasteiger partial charge in [0.05, 0.1) is 12.8 Å². The minimum atomic E-state index is -0.807. The molecule has 0 aromatic heterocycles. The molecule has 0 amide bonds. The van der Waals surface area contributed by atoms with E-state index in [2.05, 4.69) is 5.32 Å². The number of thioether (sulfide) groups is 2. The first kappa shape index (κ1) is 16.6. The van der Waals surface area contributed by atoms with Crippen LogP contribution in [0.1, 0.15) is 12.8 Å². The van der Waals surface area contributed by atoms with Gasteiger partial charge in [-0.1, -0.05) is 0 Å². The summed E-state index contributed by atoms with van der Waals surface area (Å²) in [5.41, 5.74) is 0. The summed E-state index contributed by atoms with van der Waals surface area (Å²) in [5.74, 6) is -1.61. The smallest absolute Gasteiger partial charge is 0.304 e. The third kappa shape index (κ3) is 9.31. The third-order valence-electron chi connectivity index (χ3n) is 2.22. The molecule has 5 nitrogen and oxygen atoms in total. The summed E-state index contributed by atoms with van der Waals surface area (Å²) in [7, 11) is 0. The Bertz CT molecular complexity index is 226. The fourth-order valence-electron chi connectivity index (χ4n) is 1.27. The third-order valence-corrected chi connectivity index (χ3v) is 4.22. The number of nitrogens with one attached hydrogen (secondary N) is 1. The van der Waals surface area contributed by atoms with Gasteiger partial charge >= 0.3 is 11.9 Å². The van der Waals surface area contributed by atoms with E-state index >= 15 is 0 Å². The predicted octanol–water partition coefficient (Wildman–Crippen LogP) is 0.989. The van der Waals surface area contributed by atoms with Crippen molar-refractivity contribution in [3.8, 4) is 0 Å². The molecule has 0 rings (SSSR count).